The minimum Gasteiger partial charge on any atom is -0.294 e. The van der Waals surface area contributed by atoms with Crippen molar-refractivity contribution in [3.8, 4) is 0 Å². The third-order valence-electron chi connectivity index (χ3n) is 2.17. The third-order valence-corrected chi connectivity index (χ3v) is 2.17. The van der Waals surface area contributed by atoms with Gasteiger partial charge in [0.2, 0.25) is 0 Å². The Morgan fingerprint density at radius 2 is 2.00 bits per heavy atom. The van der Waals surface area contributed by atoms with Gasteiger partial charge in [0.05, 0.1) is 0 Å². The van der Waals surface area contributed by atoms with E-state index in [0.717, 1.165) is 6.42 Å². The summed E-state index contributed by atoms with van der Waals surface area (Å²) in [6, 6.07) is 9.99. The fourth-order valence-electron chi connectivity index (χ4n) is 1.19. The molecule has 1 nitrogen and oxygen atoms in total. The van der Waals surface area contributed by atoms with Gasteiger partial charge in [0.25, 0.3) is 0 Å². The average Bonchev–Trinajstić information content (AvgIpc) is 2.26. The first-order valence-corrected chi connectivity index (χ1v) is 4.68. The maximum atomic E-state index is 11.4. The molecule has 0 aliphatic heterocycles. The highest BCUT2D eigenvalue weighted by molar-refractivity contribution is 5.94. The Kier molecular flexibility index (Phi) is 3.90. The quantitative estimate of drug-likeness (QED) is 0.522. The van der Waals surface area contributed by atoms with Gasteiger partial charge in [-0.1, -0.05) is 36.9 Å². The van der Waals surface area contributed by atoms with Gasteiger partial charge in [-0.05, 0) is 18.9 Å². The fraction of sp³-hybridized carbons (Fsp3) is 0.231. The zero-order chi connectivity index (χ0) is 10.4. The van der Waals surface area contributed by atoms with Crippen LogP contribution in [0.25, 0.3) is 0 Å². The molecule has 0 saturated carbocycles. The van der Waals surface area contributed by atoms with Crippen molar-refractivity contribution in [1.82, 2.24) is 0 Å². The lowest BCUT2D eigenvalue weighted by molar-refractivity contribution is -0.115. The van der Waals surface area contributed by atoms with E-state index in [1.165, 1.54) is 5.56 Å². The van der Waals surface area contributed by atoms with Crippen LogP contribution in [0.5, 0.6) is 0 Å². The zero-order valence-electron chi connectivity index (χ0n) is 8.42. The van der Waals surface area contributed by atoms with Crippen LogP contribution in [0, 0.1) is 0 Å². The summed E-state index contributed by atoms with van der Waals surface area (Å²) < 4.78 is 0. The Labute approximate surface area is 84.8 Å². The van der Waals surface area contributed by atoms with Gasteiger partial charge in [-0.25, -0.2) is 0 Å². The second-order valence-electron chi connectivity index (χ2n) is 3.21. The number of Topliss-reactive ketones (excluding diaryl/α,β-unsaturated/α-hetero) is 1. The summed E-state index contributed by atoms with van der Waals surface area (Å²) in [7, 11) is 0. The van der Waals surface area contributed by atoms with Crippen LogP contribution in [0.4, 0.5) is 0 Å². The monoisotopic (exact) mass is 186 g/mol. The Bertz CT molecular complexity index is 356. The molecule has 0 unspecified atom stereocenters. The molecule has 1 aromatic rings. The normalized spacial score (nSPS) is 9.21. The molecule has 0 aliphatic rings. The number of aryl methyl sites for hydroxylation is 1. The molecule has 0 N–H and O–H groups in total. The van der Waals surface area contributed by atoms with Crippen molar-refractivity contribution in [1.29, 1.82) is 0 Å². The van der Waals surface area contributed by atoms with Gasteiger partial charge in [0.15, 0.2) is 5.78 Å². The van der Waals surface area contributed by atoms with Gasteiger partial charge in [0.1, 0.15) is 0 Å². The first-order chi connectivity index (χ1) is 6.74. The Morgan fingerprint density at radius 3 is 2.57 bits per heavy atom. The van der Waals surface area contributed by atoms with Gasteiger partial charge in [-0.2, -0.15) is 0 Å². The lowest BCUT2D eigenvalue weighted by atomic mass is 10.0. The van der Waals surface area contributed by atoms with Gasteiger partial charge in [-0.15, -0.1) is 5.73 Å². The third kappa shape index (κ3) is 3.04. The van der Waals surface area contributed by atoms with E-state index in [9.17, 15) is 4.79 Å². The fourth-order valence-corrected chi connectivity index (χ4v) is 1.19. The molecule has 0 radical (unpaired) electrons. The van der Waals surface area contributed by atoms with Crippen LogP contribution in [0.15, 0.2) is 48.2 Å². The van der Waals surface area contributed by atoms with Crippen molar-refractivity contribution >= 4 is 5.78 Å². The Balaban J connectivity index is 2.50. The molecule has 1 heteroatoms. The molecule has 0 spiro atoms. The minimum absolute atomic E-state index is 0.129. The van der Waals surface area contributed by atoms with Crippen LogP contribution in [0.1, 0.15) is 18.9 Å². The second kappa shape index (κ2) is 5.21. The van der Waals surface area contributed by atoms with E-state index in [4.69, 9.17) is 0 Å². The number of ketones is 1. The molecule has 1 rings (SSSR count). The molecular weight excluding hydrogens is 172 g/mol. The summed E-state index contributed by atoms with van der Waals surface area (Å²) in [5, 5.41) is 0. The average molecular weight is 186 g/mol. The molecule has 0 aromatic heterocycles. The highest BCUT2D eigenvalue weighted by Crippen LogP contribution is 2.05. The number of rotatable bonds is 4. The SMILES string of the molecule is C=C=C(C)C(=O)CCc1ccccc1. The predicted molar refractivity (Wildman–Crippen MR) is 58.1 cm³/mol. The number of allylic oxidation sites excluding steroid dienone is 1. The number of carbonyl (C=O) groups excluding carboxylic acids is 1. The second-order valence-corrected chi connectivity index (χ2v) is 3.21. The molecule has 72 valence electrons. The lowest BCUT2D eigenvalue weighted by Gasteiger charge is -1.99. The first kappa shape index (κ1) is 10.5. The highest BCUT2D eigenvalue weighted by Gasteiger charge is 2.03. The van der Waals surface area contributed by atoms with Crippen molar-refractivity contribution in [2.24, 2.45) is 0 Å². The molecule has 1 aromatic carbocycles. The highest BCUT2D eigenvalue weighted by atomic mass is 16.1. The van der Waals surface area contributed by atoms with Gasteiger partial charge in [-0.3, -0.25) is 4.79 Å². The molecule has 0 amide bonds. The summed E-state index contributed by atoms with van der Waals surface area (Å²) in [6.45, 7) is 5.20. The van der Waals surface area contributed by atoms with Crippen LogP contribution in [-0.4, -0.2) is 5.78 Å². The smallest absolute Gasteiger partial charge is 0.166 e. The molecule has 0 bridgehead atoms. The molecular formula is C13H14O. The lowest BCUT2D eigenvalue weighted by Crippen LogP contribution is -2.00. The molecule has 0 saturated heterocycles. The summed E-state index contributed by atoms with van der Waals surface area (Å²) >= 11 is 0. The Hall–Kier alpha value is -1.59. The summed E-state index contributed by atoms with van der Waals surface area (Å²) in [6.07, 6.45) is 1.33. The summed E-state index contributed by atoms with van der Waals surface area (Å²) in [5.41, 5.74) is 4.44. The number of hydrogen-bond acceptors (Lipinski definition) is 1. The van der Waals surface area contributed by atoms with Crippen molar-refractivity contribution in [3.63, 3.8) is 0 Å². The molecule has 0 fully saturated rings. The van der Waals surface area contributed by atoms with Crippen LogP contribution >= 0.6 is 0 Å². The van der Waals surface area contributed by atoms with E-state index in [-0.39, 0.29) is 5.78 Å². The number of hydrogen-bond donors (Lipinski definition) is 0. The molecule has 0 heterocycles. The van der Waals surface area contributed by atoms with E-state index in [0.29, 0.717) is 12.0 Å². The van der Waals surface area contributed by atoms with Gasteiger partial charge < -0.3 is 0 Å². The number of carbonyl (C=O) groups is 1. The van der Waals surface area contributed by atoms with Crippen LogP contribution in [-0.2, 0) is 11.2 Å². The minimum atomic E-state index is 0.129. The number of benzene rings is 1. The maximum absolute atomic E-state index is 11.4. The predicted octanol–water partition coefficient (Wildman–Crippen LogP) is 2.92. The van der Waals surface area contributed by atoms with Crippen molar-refractivity contribution in [2.75, 3.05) is 0 Å². The van der Waals surface area contributed by atoms with Crippen LogP contribution in [0.2, 0.25) is 0 Å². The first-order valence-electron chi connectivity index (χ1n) is 4.68. The van der Waals surface area contributed by atoms with Crippen LogP contribution < -0.4 is 0 Å². The van der Waals surface area contributed by atoms with E-state index >= 15 is 0 Å². The zero-order valence-corrected chi connectivity index (χ0v) is 8.42. The van der Waals surface area contributed by atoms with E-state index in [2.05, 4.69) is 12.3 Å². The van der Waals surface area contributed by atoms with E-state index in [1.807, 2.05) is 30.3 Å². The van der Waals surface area contributed by atoms with E-state index < -0.39 is 0 Å². The van der Waals surface area contributed by atoms with Crippen molar-refractivity contribution in [3.05, 3.63) is 53.8 Å². The van der Waals surface area contributed by atoms with Crippen molar-refractivity contribution in [2.45, 2.75) is 19.8 Å². The summed E-state index contributed by atoms with van der Waals surface area (Å²) in [4.78, 5) is 11.4. The molecule has 0 aliphatic carbocycles. The van der Waals surface area contributed by atoms with Gasteiger partial charge >= 0.3 is 0 Å². The van der Waals surface area contributed by atoms with E-state index in [1.54, 1.807) is 6.92 Å². The summed E-state index contributed by atoms with van der Waals surface area (Å²) in [5.74, 6) is 0.129. The Morgan fingerprint density at radius 1 is 1.36 bits per heavy atom. The largest absolute Gasteiger partial charge is 0.294 e. The standard InChI is InChI=1S/C13H14O/c1-3-11(2)13(14)10-9-12-7-5-4-6-8-12/h4-8H,1,9-10H2,2H3. The maximum Gasteiger partial charge on any atom is 0.166 e. The molecule has 0 atom stereocenters. The molecule has 14 heavy (non-hydrogen) atoms. The van der Waals surface area contributed by atoms with Crippen molar-refractivity contribution < 1.29 is 4.79 Å². The van der Waals surface area contributed by atoms with Crippen LogP contribution in [0.3, 0.4) is 0 Å². The topological polar surface area (TPSA) is 17.1 Å². The van der Waals surface area contributed by atoms with Gasteiger partial charge in [0, 0.05) is 12.0 Å².